The number of nitrogens with one attached hydrogen (secondary N) is 4. The van der Waals surface area contributed by atoms with E-state index in [9.17, 15) is 19.0 Å². The highest BCUT2D eigenvalue weighted by Crippen LogP contribution is 2.38. The number of H-pyrrole nitrogens is 1. The van der Waals surface area contributed by atoms with Crippen LogP contribution in [0, 0.1) is 5.92 Å². The van der Waals surface area contributed by atoms with Crippen molar-refractivity contribution >= 4 is 30.5 Å². The molecule has 2 aromatic rings. The molecule has 0 aliphatic rings. The van der Waals surface area contributed by atoms with Crippen LogP contribution in [0.4, 0.5) is 0 Å². The second-order valence-electron chi connectivity index (χ2n) is 7.17. The Hall–Kier alpha value is -2.19. The predicted molar refractivity (Wildman–Crippen MR) is 116 cm³/mol. The van der Waals surface area contributed by atoms with E-state index in [2.05, 4.69) is 20.7 Å². The molecule has 10 heteroatoms. The fourth-order valence-corrected chi connectivity index (χ4v) is 4.38. The van der Waals surface area contributed by atoms with E-state index in [1.807, 2.05) is 37.4 Å². The van der Waals surface area contributed by atoms with Crippen molar-refractivity contribution in [2.45, 2.75) is 45.7 Å². The van der Waals surface area contributed by atoms with Crippen LogP contribution in [-0.2, 0) is 25.1 Å². The van der Waals surface area contributed by atoms with Gasteiger partial charge in [-0.3, -0.25) is 14.1 Å². The standard InChI is InChI=1S/C20H31N4O5P/c1-5-13(3)18(24-30(27,28)29-6-2)20(26)23-17(19(25)21-4)11-14-12-22-16-10-8-7-9-15(14)16/h7-10,12-13,17-18,22H,5-6,11H2,1-4H3,(H,21,25)(H,23,26)(H2,24,27,28). The molecule has 1 aromatic heterocycles. The van der Waals surface area contributed by atoms with Gasteiger partial charge in [-0.05, 0) is 24.5 Å². The Kier molecular flexibility index (Phi) is 8.61. The molecule has 0 radical (unpaired) electrons. The molecule has 5 N–H and O–H groups in total. The van der Waals surface area contributed by atoms with Crippen LogP contribution in [-0.4, -0.2) is 47.4 Å². The molecule has 2 amide bonds. The zero-order valence-electron chi connectivity index (χ0n) is 17.8. The van der Waals surface area contributed by atoms with Gasteiger partial charge in [0.05, 0.1) is 12.6 Å². The van der Waals surface area contributed by atoms with Crippen molar-refractivity contribution in [2.75, 3.05) is 13.7 Å². The Morgan fingerprint density at radius 3 is 2.57 bits per heavy atom. The zero-order chi connectivity index (χ0) is 22.3. The molecular weight excluding hydrogens is 407 g/mol. The fourth-order valence-electron chi connectivity index (χ4n) is 3.23. The van der Waals surface area contributed by atoms with E-state index in [1.165, 1.54) is 7.05 Å². The summed E-state index contributed by atoms with van der Waals surface area (Å²) in [5, 5.41) is 8.70. The monoisotopic (exact) mass is 438 g/mol. The maximum absolute atomic E-state index is 13.0. The number of hydrogen-bond acceptors (Lipinski definition) is 4. The number of hydrogen-bond donors (Lipinski definition) is 5. The Balaban J connectivity index is 2.23. The van der Waals surface area contributed by atoms with Crippen LogP contribution in [0.3, 0.4) is 0 Å². The molecule has 1 aromatic carbocycles. The minimum absolute atomic E-state index is 0.0249. The summed E-state index contributed by atoms with van der Waals surface area (Å²) in [7, 11) is -2.65. The van der Waals surface area contributed by atoms with Gasteiger partial charge in [0.2, 0.25) is 11.8 Å². The number of fused-ring (bicyclic) bond motifs is 1. The lowest BCUT2D eigenvalue weighted by molar-refractivity contribution is -0.130. The highest BCUT2D eigenvalue weighted by atomic mass is 31.2. The lowest BCUT2D eigenvalue weighted by atomic mass is 9.98. The van der Waals surface area contributed by atoms with Gasteiger partial charge >= 0.3 is 7.75 Å². The van der Waals surface area contributed by atoms with Gasteiger partial charge in [-0.2, -0.15) is 0 Å². The summed E-state index contributed by atoms with van der Waals surface area (Å²) in [6.45, 7) is 5.28. The summed E-state index contributed by atoms with van der Waals surface area (Å²) in [4.78, 5) is 38.6. The first-order valence-electron chi connectivity index (χ1n) is 10.0. The largest absolute Gasteiger partial charge is 0.403 e. The molecular formula is C20H31N4O5P. The molecule has 0 bridgehead atoms. The minimum atomic E-state index is -4.15. The summed E-state index contributed by atoms with van der Waals surface area (Å²) >= 11 is 0. The molecule has 0 saturated heterocycles. The number of benzene rings is 1. The minimum Gasteiger partial charge on any atom is -0.361 e. The number of carbonyl (C=O) groups excluding carboxylic acids is 2. The molecule has 2 rings (SSSR count). The van der Waals surface area contributed by atoms with Gasteiger partial charge < -0.3 is 20.5 Å². The van der Waals surface area contributed by atoms with E-state index >= 15 is 0 Å². The van der Waals surface area contributed by atoms with Gasteiger partial charge in [0.15, 0.2) is 0 Å². The van der Waals surface area contributed by atoms with E-state index in [4.69, 9.17) is 4.52 Å². The first-order chi connectivity index (χ1) is 14.2. The number of amides is 2. The van der Waals surface area contributed by atoms with Crippen molar-refractivity contribution in [3.05, 3.63) is 36.0 Å². The summed E-state index contributed by atoms with van der Waals surface area (Å²) in [6.07, 6.45) is 2.67. The molecule has 0 aliphatic carbocycles. The van der Waals surface area contributed by atoms with E-state index in [-0.39, 0.29) is 24.9 Å². The van der Waals surface area contributed by atoms with Crippen molar-refractivity contribution in [2.24, 2.45) is 5.92 Å². The van der Waals surface area contributed by atoms with E-state index in [1.54, 1.807) is 13.8 Å². The number of aromatic amines is 1. The van der Waals surface area contributed by atoms with Crippen LogP contribution < -0.4 is 15.7 Å². The van der Waals surface area contributed by atoms with Crippen molar-refractivity contribution < 1.29 is 23.6 Å². The lowest BCUT2D eigenvalue weighted by Gasteiger charge is -2.27. The molecule has 166 valence electrons. The second-order valence-corrected chi connectivity index (χ2v) is 8.73. The van der Waals surface area contributed by atoms with Crippen LogP contribution in [0.15, 0.2) is 30.5 Å². The molecule has 0 saturated carbocycles. The third-order valence-corrected chi connectivity index (χ3v) is 6.29. The average molecular weight is 438 g/mol. The van der Waals surface area contributed by atoms with Gasteiger partial charge in [0.25, 0.3) is 0 Å². The first-order valence-corrected chi connectivity index (χ1v) is 11.6. The maximum Gasteiger partial charge on any atom is 0.403 e. The van der Waals surface area contributed by atoms with Crippen LogP contribution in [0.1, 0.15) is 32.8 Å². The fraction of sp³-hybridized carbons (Fsp3) is 0.500. The smallest absolute Gasteiger partial charge is 0.361 e. The Morgan fingerprint density at radius 2 is 1.93 bits per heavy atom. The molecule has 4 unspecified atom stereocenters. The van der Waals surface area contributed by atoms with Crippen LogP contribution >= 0.6 is 7.75 Å². The van der Waals surface area contributed by atoms with E-state index in [0.29, 0.717) is 6.42 Å². The average Bonchev–Trinajstić information content (AvgIpc) is 3.13. The Labute approximate surface area is 176 Å². The number of aromatic nitrogens is 1. The van der Waals surface area contributed by atoms with E-state index < -0.39 is 25.7 Å². The lowest BCUT2D eigenvalue weighted by Crippen LogP contribution is -2.54. The predicted octanol–water partition coefficient (Wildman–Crippen LogP) is 2.08. The van der Waals surface area contributed by atoms with Crippen LogP contribution in [0.5, 0.6) is 0 Å². The third-order valence-electron chi connectivity index (χ3n) is 5.08. The molecule has 30 heavy (non-hydrogen) atoms. The van der Waals surface area contributed by atoms with Crippen molar-refractivity contribution in [1.82, 2.24) is 20.7 Å². The third kappa shape index (κ3) is 6.15. The highest BCUT2D eigenvalue weighted by Gasteiger charge is 2.34. The first kappa shape index (κ1) is 24.1. The summed E-state index contributed by atoms with van der Waals surface area (Å²) in [6, 6.07) is 5.85. The van der Waals surface area contributed by atoms with Crippen LogP contribution in [0.2, 0.25) is 0 Å². The van der Waals surface area contributed by atoms with Gasteiger partial charge in [-0.25, -0.2) is 9.65 Å². The zero-order valence-corrected chi connectivity index (χ0v) is 18.7. The molecule has 1 heterocycles. The van der Waals surface area contributed by atoms with Gasteiger partial charge in [0.1, 0.15) is 6.04 Å². The highest BCUT2D eigenvalue weighted by molar-refractivity contribution is 7.50. The normalized spacial score (nSPS) is 16.4. The molecule has 9 nitrogen and oxygen atoms in total. The quantitative estimate of drug-likeness (QED) is 0.341. The van der Waals surface area contributed by atoms with Crippen molar-refractivity contribution in [3.8, 4) is 0 Å². The molecule has 0 aliphatic heterocycles. The molecule has 0 spiro atoms. The van der Waals surface area contributed by atoms with Gasteiger partial charge in [0, 0.05) is 30.6 Å². The van der Waals surface area contributed by atoms with Gasteiger partial charge in [-0.15, -0.1) is 0 Å². The summed E-state index contributed by atoms with van der Waals surface area (Å²) < 4.78 is 17.0. The summed E-state index contributed by atoms with van der Waals surface area (Å²) in [5.41, 5.74) is 1.82. The SMILES string of the molecule is CCOP(=O)(O)NC(C(=O)NC(Cc1c[nH]c2ccccc12)C(=O)NC)C(C)CC. The number of carbonyl (C=O) groups is 2. The van der Waals surface area contributed by atoms with Crippen LogP contribution in [0.25, 0.3) is 10.9 Å². The topological polar surface area (TPSA) is 133 Å². The number of likely N-dealkylation sites (N-methyl/N-ethyl adjacent to an activating group) is 1. The number of para-hydroxylation sites is 1. The molecule has 0 fully saturated rings. The van der Waals surface area contributed by atoms with Crippen molar-refractivity contribution in [1.29, 1.82) is 0 Å². The number of rotatable bonds is 11. The maximum atomic E-state index is 13.0. The Bertz CT molecular complexity index is 915. The second kappa shape index (κ2) is 10.7. The summed E-state index contributed by atoms with van der Waals surface area (Å²) in [5.74, 6) is -1.15. The van der Waals surface area contributed by atoms with Gasteiger partial charge in [-0.1, -0.05) is 38.5 Å². The van der Waals surface area contributed by atoms with Crippen molar-refractivity contribution in [3.63, 3.8) is 0 Å². The Morgan fingerprint density at radius 1 is 1.23 bits per heavy atom. The molecule has 4 atom stereocenters. The van der Waals surface area contributed by atoms with E-state index in [0.717, 1.165) is 16.5 Å².